The molecule has 402 valence electrons. The number of aromatic hydroxyl groups is 15. The van der Waals surface area contributed by atoms with Crippen molar-refractivity contribution in [1.82, 2.24) is 0 Å². The molecule has 30 heteroatoms. The molecule has 78 heavy (non-hydrogen) atoms. The summed E-state index contributed by atoms with van der Waals surface area (Å²) in [7, 11) is 0. The van der Waals surface area contributed by atoms with Gasteiger partial charge in [0.15, 0.2) is 99.0 Å². The van der Waals surface area contributed by atoms with Crippen LogP contribution >= 0.6 is 0 Å². The van der Waals surface area contributed by atoms with E-state index in [1.54, 1.807) is 0 Å². The predicted octanol–water partition coefficient (Wildman–Crippen LogP) is 2.40. The number of benzene rings is 6. The maximum atomic E-state index is 14.7. The van der Waals surface area contributed by atoms with Gasteiger partial charge < -0.3 is 119 Å². The zero-order valence-electron chi connectivity index (χ0n) is 38.0. The Morgan fingerprint density at radius 2 is 0.974 bits per heavy atom. The maximum Gasteiger partial charge on any atom is 0.344 e. The Labute approximate surface area is 425 Å². The minimum atomic E-state index is -2.61. The van der Waals surface area contributed by atoms with Crippen LogP contribution in [0.3, 0.4) is 0 Å². The Kier molecular flexibility index (Phi) is 11.5. The average molecular weight is 1090 g/mol. The summed E-state index contributed by atoms with van der Waals surface area (Å²) in [5.41, 5.74) is -10.5. The smallest absolute Gasteiger partial charge is 0.344 e. The van der Waals surface area contributed by atoms with Gasteiger partial charge in [0.1, 0.15) is 18.3 Å². The van der Waals surface area contributed by atoms with Gasteiger partial charge >= 0.3 is 35.1 Å². The van der Waals surface area contributed by atoms with Crippen LogP contribution in [-0.2, 0) is 23.7 Å². The molecule has 30 nitrogen and oxygen atoms in total. The van der Waals surface area contributed by atoms with Crippen molar-refractivity contribution in [3.05, 3.63) is 85.6 Å². The highest BCUT2D eigenvalue weighted by molar-refractivity contribution is 6.22. The van der Waals surface area contributed by atoms with Crippen LogP contribution in [0.4, 0.5) is 0 Å². The molecule has 4 heterocycles. The molecule has 0 radical (unpaired) electrons. The number of aliphatic hydroxyl groups excluding tert-OH is 1. The Morgan fingerprint density at radius 1 is 0.500 bits per heavy atom. The highest BCUT2D eigenvalue weighted by atomic mass is 16.7. The summed E-state index contributed by atoms with van der Waals surface area (Å²) in [6.45, 7) is -1.28. The third-order valence-corrected chi connectivity index (χ3v) is 12.4. The van der Waals surface area contributed by atoms with Gasteiger partial charge in [-0.25, -0.2) is 28.8 Å². The maximum absolute atomic E-state index is 14.7. The highest BCUT2D eigenvalue weighted by Gasteiger charge is 2.54. The fourth-order valence-corrected chi connectivity index (χ4v) is 8.71. The van der Waals surface area contributed by atoms with Crippen LogP contribution < -0.4 is 16.0 Å². The van der Waals surface area contributed by atoms with Crippen molar-refractivity contribution in [3.8, 4) is 109 Å². The summed E-state index contributed by atoms with van der Waals surface area (Å²) in [6, 6.07) is 3.80. The largest absolute Gasteiger partial charge is 0.504 e. The standard InChI is InChI=1S/C48H30O30/c49-15-1-9(2-16(50)27(15)55)42(64)71-8-22-37(40-41(48(70)73-22)78-44(66)11-4-18(52)29(57)34(62)24(11)23-10(43(65)77-40)3-17(51)28(56)33(23)61)74-47(69)14-6-19(53)30(58)35(63)36(14)72-21-7-13-26-25-12(45(67)76-39(26)32(21)60)5-20(54)31(59)38(25)75-46(13)68/h1-7,22,37,40-41,48-63,70H,8H2. The predicted molar refractivity (Wildman–Crippen MR) is 246 cm³/mol. The van der Waals surface area contributed by atoms with E-state index in [4.69, 9.17) is 37.3 Å². The van der Waals surface area contributed by atoms with Gasteiger partial charge in [0.25, 0.3) is 0 Å². The number of hydrogen-bond donors (Lipinski definition) is 16. The van der Waals surface area contributed by atoms with Gasteiger partial charge in [0.05, 0.1) is 27.5 Å². The summed E-state index contributed by atoms with van der Waals surface area (Å²) in [4.78, 5) is 83.1. The molecular formula is C48H30O30. The van der Waals surface area contributed by atoms with Crippen molar-refractivity contribution in [2.75, 3.05) is 6.61 Å². The monoisotopic (exact) mass is 1090 g/mol. The summed E-state index contributed by atoms with van der Waals surface area (Å²) >= 11 is 0. The van der Waals surface area contributed by atoms with E-state index in [1.807, 2.05) is 0 Å². The highest BCUT2D eigenvalue weighted by Crippen LogP contribution is 2.55. The molecule has 1 saturated heterocycles. The normalized spacial score (nSPS) is 18.1. The van der Waals surface area contributed by atoms with Crippen molar-refractivity contribution in [1.29, 1.82) is 0 Å². The number of aliphatic hydroxyl groups is 1. The molecule has 1 fully saturated rings. The second-order valence-electron chi connectivity index (χ2n) is 17.0. The van der Waals surface area contributed by atoms with Gasteiger partial charge in [-0.05, 0) is 30.3 Å². The molecule has 0 saturated carbocycles. The van der Waals surface area contributed by atoms with Crippen LogP contribution in [0.15, 0.2) is 60.9 Å². The topological polar surface area (TPSA) is 508 Å². The van der Waals surface area contributed by atoms with E-state index in [9.17, 15) is 110 Å². The molecule has 6 aromatic carbocycles. The minimum Gasteiger partial charge on any atom is -0.504 e. The third kappa shape index (κ3) is 7.66. The molecule has 2 aromatic heterocycles. The quantitative estimate of drug-likeness (QED) is 0.0358. The molecule has 0 amide bonds. The SMILES string of the molecule is O=C(OCC1OC(O)C2OC(=O)c3cc(O)c(O)c(O)c3-c3c(cc(O)c(O)c3O)C(=O)OC2C1OC(=O)c1cc(O)c(O)c(O)c1Oc1cc2c(=O)oc3c(O)c(O)cc4c(=O)oc(c1O)c2c34)c1cc(O)c(O)c(O)c1. The molecule has 10 rings (SSSR count). The number of phenols is 15. The fourth-order valence-electron chi connectivity index (χ4n) is 8.71. The Morgan fingerprint density at radius 3 is 1.54 bits per heavy atom. The minimum absolute atomic E-state index is 0.339. The van der Waals surface area contributed by atoms with Gasteiger partial charge in [0, 0.05) is 34.0 Å². The summed E-state index contributed by atoms with van der Waals surface area (Å²) in [5.74, 6) is -28.2. The second kappa shape index (κ2) is 17.8. The lowest BCUT2D eigenvalue weighted by atomic mass is 9.91. The zero-order valence-corrected chi connectivity index (χ0v) is 38.0. The number of fused-ring (bicyclic) bond motifs is 4. The summed E-state index contributed by atoms with van der Waals surface area (Å²) in [6.07, 6.45) is -12.4. The number of carbonyl (C=O) groups excluding carboxylic acids is 4. The molecule has 0 aliphatic carbocycles. The first-order chi connectivity index (χ1) is 36.8. The van der Waals surface area contributed by atoms with E-state index < -0.39 is 231 Å². The Hall–Kier alpha value is -11.1. The zero-order chi connectivity index (χ0) is 56.4. The molecule has 0 bridgehead atoms. The lowest BCUT2D eigenvalue weighted by molar-refractivity contribution is -0.284. The van der Waals surface area contributed by atoms with Crippen LogP contribution in [0.2, 0.25) is 0 Å². The number of phenolic OH excluding ortho intramolecular Hbond substituents is 15. The van der Waals surface area contributed by atoms with Crippen LogP contribution in [0.5, 0.6) is 97.7 Å². The van der Waals surface area contributed by atoms with E-state index in [0.29, 0.717) is 36.4 Å². The molecule has 5 unspecified atom stereocenters. The van der Waals surface area contributed by atoms with Crippen molar-refractivity contribution < 1.29 is 138 Å². The van der Waals surface area contributed by atoms with Crippen LogP contribution in [0, 0.1) is 0 Å². The number of carbonyl (C=O) groups is 4. The van der Waals surface area contributed by atoms with Crippen molar-refractivity contribution in [3.63, 3.8) is 0 Å². The molecular weight excluding hydrogens is 1060 g/mol. The van der Waals surface area contributed by atoms with E-state index in [1.165, 1.54) is 0 Å². The van der Waals surface area contributed by atoms with Crippen LogP contribution in [0.1, 0.15) is 41.4 Å². The van der Waals surface area contributed by atoms with Crippen LogP contribution in [-0.4, -0.2) is 143 Å². The number of rotatable bonds is 7. The third-order valence-electron chi connectivity index (χ3n) is 12.4. The van der Waals surface area contributed by atoms with E-state index in [-0.39, 0.29) is 5.39 Å². The van der Waals surface area contributed by atoms with Gasteiger partial charge in [-0.15, -0.1) is 0 Å². The molecule has 5 atom stereocenters. The molecule has 2 aliphatic rings. The fraction of sp³-hybridized carbons (Fsp3) is 0.125. The Balaban J connectivity index is 1.11. The summed E-state index contributed by atoms with van der Waals surface area (Å²) < 4.78 is 43.6. The van der Waals surface area contributed by atoms with Crippen molar-refractivity contribution in [2.45, 2.75) is 30.7 Å². The van der Waals surface area contributed by atoms with Crippen molar-refractivity contribution >= 4 is 56.6 Å². The number of hydrogen-bond acceptors (Lipinski definition) is 30. The molecule has 2 aliphatic heterocycles. The molecule has 0 spiro atoms. The van der Waals surface area contributed by atoms with Crippen LogP contribution in [0.25, 0.3) is 43.8 Å². The molecule has 8 aromatic rings. The van der Waals surface area contributed by atoms with E-state index in [2.05, 4.69) is 0 Å². The van der Waals surface area contributed by atoms with Gasteiger partial charge in [0.2, 0.25) is 34.5 Å². The number of ether oxygens (including phenoxy) is 6. The molecule has 16 N–H and O–H groups in total. The van der Waals surface area contributed by atoms with Crippen molar-refractivity contribution in [2.24, 2.45) is 0 Å². The average Bonchev–Trinajstić information content (AvgIpc) is 3.43. The number of esters is 4. The van der Waals surface area contributed by atoms with E-state index >= 15 is 0 Å². The first-order valence-corrected chi connectivity index (χ1v) is 21.6. The van der Waals surface area contributed by atoms with Gasteiger partial charge in [-0.1, -0.05) is 0 Å². The summed E-state index contributed by atoms with van der Waals surface area (Å²) in [5, 5.41) is 168. The van der Waals surface area contributed by atoms with E-state index in [0.717, 1.165) is 6.07 Å². The first-order valence-electron chi connectivity index (χ1n) is 21.6. The lowest BCUT2D eigenvalue weighted by Gasteiger charge is -2.43. The lowest BCUT2D eigenvalue weighted by Crippen LogP contribution is -2.62. The first kappa shape index (κ1) is 50.4. The Bertz CT molecular complexity index is 4070. The second-order valence-corrected chi connectivity index (χ2v) is 17.0. The van der Waals surface area contributed by atoms with Gasteiger partial charge in [-0.3, -0.25) is 0 Å². The van der Waals surface area contributed by atoms with Gasteiger partial charge in [-0.2, -0.15) is 0 Å².